The van der Waals surface area contributed by atoms with Gasteiger partial charge in [-0.25, -0.2) is 8.42 Å². The number of aromatic nitrogens is 1. The quantitative estimate of drug-likeness (QED) is 0.526. The van der Waals surface area contributed by atoms with Crippen molar-refractivity contribution >= 4 is 32.5 Å². The molecule has 2 aliphatic heterocycles. The average molecular weight is 509 g/mol. The summed E-state index contributed by atoms with van der Waals surface area (Å²) in [6.45, 7) is 5.37. The minimum absolute atomic E-state index is 0.0556. The molecule has 1 amide bonds. The number of benzene rings is 2. The third kappa shape index (κ3) is 4.77. The van der Waals surface area contributed by atoms with Crippen LogP contribution in [0, 0.1) is 12.8 Å². The van der Waals surface area contributed by atoms with Crippen LogP contribution in [0.2, 0.25) is 0 Å². The minimum Gasteiger partial charge on any atom is -0.497 e. The van der Waals surface area contributed by atoms with Crippen LogP contribution in [0.5, 0.6) is 5.75 Å². The van der Waals surface area contributed by atoms with Crippen LogP contribution in [0.15, 0.2) is 59.5 Å². The van der Waals surface area contributed by atoms with Crippen molar-refractivity contribution in [2.45, 2.75) is 24.7 Å². The molecule has 190 valence electrons. The van der Waals surface area contributed by atoms with Crippen LogP contribution in [-0.2, 0) is 14.8 Å². The first-order chi connectivity index (χ1) is 17.4. The maximum absolute atomic E-state index is 13.4. The number of aryl methyl sites for hydroxylation is 1. The molecule has 5 rings (SSSR count). The monoisotopic (exact) mass is 508 g/mol. The number of sulfonamides is 1. The number of amides is 1. The summed E-state index contributed by atoms with van der Waals surface area (Å²) >= 11 is 0. The average Bonchev–Trinajstić information content (AvgIpc) is 2.92. The van der Waals surface area contributed by atoms with Gasteiger partial charge < -0.3 is 14.5 Å². The Bertz CT molecular complexity index is 1350. The van der Waals surface area contributed by atoms with E-state index in [1.54, 1.807) is 31.4 Å². The number of ether oxygens (including phenoxy) is 1. The molecule has 2 aliphatic rings. The van der Waals surface area contributed by atoms with E-state index in [-0.39, 0.29) is 23.3 Å². The predicted molar refractivity (Wildman–Crippen MR) is 140 cm³/mol. The summed E-state index contributed by atoms with van der Waals surface area (Å²) in [5, 5.41) is 1.12. The molecule has 0 saturated carbocycles. The van der Waals surface area contributed by atoms with E-state index in [1.165, 1.54) is 4.31 Å². The number of carbonyl (C=O) groups is 1. The van der Waals surface area contributed by atoms with Crippen molar-refractivity contribution in [1.29, 1.82) is 0 Å². The number of pyridine rings is 1. The zero-order chi connectivity index (χ0) is 25.3. The Morgan fingerprint density at radius 1 is 1.00 bits per heavy atom. The molecule has 2 aromatic carbocycles. The predicted octanol–water partition coefficient (Wildman–Crippen LogP) is 3.30. The van der Waals surface area contributed by atoms with Gasteiger partial charge in [-0.1, -0.05) is 18.2 Å². The van der Waals surface area contributed by atoms with Crippen molar-refractivity contribution in [3.63, 3.8) is 0 Å². The van der Waals surface area contributed by atoms with Gasteiger partial charge in [0.2, 0.25) is 15.9 Å². The van der Waals surface area contributed by atoms with Gasteiger partial charge in [-0.2, -0.15) is 4.31 Å². The van der Waals surface area contributed by atoms with Crippen LogP contribution in [0.25, 0.3) is 10.9 Å². The molecular weight excluding hydrogens is 476 g/mol. The molecule has 0 spiro atoms. The van der Waals surface area contributed by atoms with Gasteiger partial charge in [0, 0.05) is 56.0 Å². The first-order valence-electron chi connectivity index (χ1n) is 12.4. The van der Waals surface area contributed by atoms with Gasteiger partial charge in [0.25, 0.3) is 0 Å². The van der Waals surface area contributed by atoms with E-state index in [9.17, 15) is 13.2 Å². The van der Waals surface area contributed by atoms with Crippen molar-refractivity contribution in [2.24, 2.45) is 5.92 Å². The maximum Gasteiger partial charge on any atom is 0.243 e. The van der Waals surface area contributed by atoms with Crippen LogP contribution in [-0.4, -0.2) is 74.9 Å². The third-order valence-corrected chi connectivity index (χ3v) is 9.06. The van der Waals surface area contributed by atoms with Crippen molar-refractivity contribution in [2.75, 3.05) is 51.3 Å². The van der Waals surface area contributed by atoms with Gasteiger partial charge in [-0.3, -0.25) is 9.78 Å². The van der Waals surface area contributed by atoms with E-state index < -0.39 is 10.0 Å². The first-order valence-corrected chi connectivity index (χ1v) is 13.8. The molecule has 1 aromatic heterocycles. The Kier molecular flexibility index (Phi) is 6.85. The fourth-order valence-corrected chi connectivity index (χ4v) is 6.76. The highest BCUT2D eigenvalue weighted by Gasteiger charge is 2.36. The molecule has 9 heteroatoms. The van der Waals surface area contributed by atoms with E-state index in [4.69, 9.17) is 4.74 Å². The van der Waals surface area contributed by atoms with E-state index in [2.05, 4.69) is 22.0 Å². The highest BCUT2D eigenvalue weighted by molar-refractivity contribution is 7.89. The molecule has 2 fully saturated rings. The maximum atomic E-state index is 13.4. The molecule has 0 bridgehead atoms. The molecule has 1 unspecified atom stereocenters. The lowest BCUT2D eigenvalue weighted by molar-refractivity contribution is -0.137. The Hall–Kier alpha value is -3.17. The fourth-order valence-electron chi connectivity index (χ4n) is 5.23. The lowest BCUT2D eigenvalue weighted by Gasteiger charge is -2.39. The van der Waals surface area contributed by atoms with Gasteiger partial charge in [-0.05, 0) is 56.2 Å². The number of carbonyl (C=O) groups excluding carboxylic acids is 1. The normalized spacial score (nSPS) is 19.4. The summed E-state index contributed by atoms with van der Waals surface area (Å²) in [6, 6.07) is 16.7. The largest absolute Gasteiger partial charge is 0.497 e. The van der Waals surface area contributed by atoms with Crippen LogP contribution in [0.3, 0.4) is 0 Å². The SMILES string of the molecule is COc1ccc(S(=O)(=O)N2CCCC(C(=O)N3CCN(c4cc(C)nc5ccccc45)CC3)C2)cc1. The summed E-state index contributed by atoms with van der Waals surface area (Å²) in [4.78, 5) is 22.5. The van der Waals surface area contributed by atoms with Gasteiger partial charge in [0.1, 0.15) is 5.75 Å². The number of piperidine rings is 1. The van der Waals surface area contributed by atoms with Crippen LogP contribution < -0.4 is 9.64 Å². The lowest BCUT2D eigenvalue weighted by Crippen LogP contribution is -2.53. The number of fused-ring (bicyclic) bond motifs is 1. The summed E-state index contributed by atoms with van der Waals surface area (Å²) in [7, 11) is -2.11. The molecule has 2 saturated heterocycles. The highest BCUT2D eigenvalue weighted by Crippen LogP contribution is 2.29. The Labute approximate surface area is 212 Å². The Balaban J connectivity index is 1.25. The number of para-hydroxylation sites is 1. The zero-order valence-electron chi connectivity index (χ0n) is 20.8. The van der Waals surface area contributed by atoms with Gasteiger partial charge in [0.05, 0.1) is 23.4 Å². The second-order valence-electron chi connectivity index (χ2n) is 9.49. The number of methoxy groups -OCH3 is 1. The molecule has 8 nitrogen and oxygen atoms in total. The summed E-state index contributed by atoms with van der Waals surface area (Å²) in [6.07, 6.45) is 1.38. The number of nitrogens with zero attached hydrogens (tertiary/aromatic N) is 4. The molecule has 3 aromatic rings. The standard InChI is InChI=1S/C27H32N4O4S/c1-20-18-26(24-7-3-4-8-25(24)28-20)29-14-16-30(17-15-29)27(32)21-6-5-13-31(19-21)36(33,34)23-11-9-22(35-2)10-12-23/h3-4,7-12,18,21H,5-6,13-17,19H2,1-2H3. The van der Waals surface area contributed by atoms with E-state index in [0.717, 1.165) is 35.4 Å². The summed E-state index contributed by atoms with van der Waals surface area (Å²) in [5.74, 6) is 0.345. The molecular formula is C27H32N4O4S. The molecule has 36 heavy (non-hydrogen) atoms. The lowest BCUT2D eigenvalue weighted by atomic mass is 9.97. The number of anilines is 1. The smallest absolute Gasteiger partial charge is 0.243 e. The van der Waals surface area contributed by atoms with E-state index in [1.807, 2.05) is 30.0 Å². The third-order valence-electron chi connectivity index (χ3n) is 7.19. The van der Waals surface area contributed by atoms with E-state index >= 15 is 0 Å². The second-order valence-corrected chi connectivity index (χ2v) is 11.4. The number of piperazine rings is 1. The minimum atomic E-state index is -3.66. The Morgan fingerprint density at radius 2 is 1.72 bits per heavy atom. The van der Waals surface area contributed by atoms with Gasteiger partial charge >= 0.3 is 0 Å². The number of hydrogen-bond donors (Lipinski definition) is 0. The van der Waals surface area contributed by atoms with Crippen molar-refractivity contribution in [1.82, 2.24) is 14.2 Å². The highest BCUT2D eigenvalue weighted by atomic mass is 32.2. The van der Waals surface area contributed by atoms with Crippen LogP contribution in [0.4, 0.5) is 5.69 Å². The summed E-state index contributed by atoms with van der Waals surface area (Å²) < 4.78 is 33.0. The molecule has 1 atom stereocenters. The van der Waals surface area contributed by atoms with Crippen molar-refractivity contribution in [3.05, 3.63) is 60.3 Å². The number of hydrogen-bond acceptors (Lipinski definition) is 6. The van der Waals surface area contributed by atoms with Crippen LogP contribution in [0.1, 0.15) is 18.5 Å². The zero-order valence-corrected chi connectivity index (χ0v) is 21.6. The molecule has 0 aliphatic carbocycles. The first kappa shape index (κ1) is 24.5. The van der Waals surface area contributed by atoms with Crippen LogP contribution >= 0.6 is 0 Å². The second kappa shape index (κ2) is 10.1. The van der Waals surface area contributed by atoms with E-state index in [0.29, 0.717) is 38.2 Å². The molecule has 0 N–H and O–H groups in total. The van der Waals surface area contributed by atoms with Gasteiger partial charge in [-0.15, -0.1) is 0 Å². The topological polar surface area (TPSA) is 83.0 Å². The van der Waals surface area contributed by atoms with Crippen molar-refractivity contribution < 1.29 is 17.9 Å². The Morgan fingerprint density at radius 3 is 2.44 bits per heavy atom. The van der Waals surface area contributed by atoms with Gasteiger partial charge in [0.15, 0.2) is 0 Å². The number of rotatable bonds is 5. The molecule has 3 heterocycles. The van der Waals surface area contributed by atoms with Crippen molar-refractivity contribution in [3.8, 4) is 5.75 Å². The fraction of sp³-hybridized carbons (Fsp3) is 0.407. The summed E-state index contributed by atoms with van der Waals surface area (Å²) in [5.41, 5.74) is 3.11. The molecule has 0 radical (unpaired) electrons.